The lowest BCUT2D eigenvalue weighted by molar-refractivity contribution is -0.124. The summed E-state index contributed by atoms with van der Waals surface area (Å²) in [6.07, 6.45) is 1.90. The summed E-state index contributed by atoms with van der Waals surface area (Å²) in [6, 6.07) is 5.97. The van der Waals surface area contributed by atoms with Gasteiger partial charge in [-0.15, -0.1) is 12.4 Å². The van der Waals surface area contributed by atoms with Gasteiger partial charge in [0, 0.05) is 16.6 Å². The maximum atomic E-state index is 11.9. The lowest BCUT2D eigenvalue weighted by Crippen LogP contribution is -2.47. The fraction of sp³-hybridized carbons (Fsp3) is 0.500. The van der Waals surface area contributed by atoms with Gasteiger partial charge in [0.2, 0.25) is 0 Å². The van der Waals surface area contributed by atoms with Gasteiger partial charge < -0.3 is 15.4 Å². The molecule has 0 aliphatic carbocycles. The Labute approximate surface area is 144 Å². The highest BCUT2D eigenvalue weighted by Gasteiger charge is 2.20. The standard InChI is InChI=1S/C14H18BrClN2O2.ClH/c1-9-6-11(4-5-17-9)18-14(19)8-20-13-3-2-10(15)7-12(13)16;/h2-3,7,9,11,17H,4-6,8H2,1H3,(H,18,19);1H. The molecule has 2 rings (SSSR count). The van der Waals surface area contributed by atoms with Crippen LogP contribution in [0, 0.1) is 0 Å². The number of halogens is 3. The van der Waals surface area contributed by atoms with Gasteiger partial charge >= 0.3 is 0 Å². The fourth-order valence-electron chi connectivity index (χ4n) is 2.27. The van der Waals surface area contributed by atoms with E-state index in [4.69, 9.17) is 16.3 Å². The maximum absolute atomic E-state index is 11.9. The predicted molar refractivity (Wildman–Crippen MR) is 90.5 cm³/mol. The van der Waals surface area contributed by atoms with Crippen LogP contribution in [-0.4, -0.2) is 31.1 Å². The van der Waals surface area contributed by atoms with Gasteiger partial charge in [-0.3, -0.25) is 4.79 Å². The molecule has 0 aromatic heterocycles. The zero-order chi connectivity index (χ0) is 14.5. The van der Waals surface area contributed by atoms with E-state index in [0.717, 1.165) is 23.9 Å². The van der Waals surface area contributed by atoms with E-state index in [1.165, 1.54) is 0 Å². The first kappa shape index (κ1) is 18.6. The van der Waals surface area contributed by atoms with E-state index < -0.39 is 0 Å². The van der Waals surface area contributed by atoms with E-state index in [-0.39, 0.29) is 31.0 Å². The summed E-state index contributed by atoms with van der Waals surface area (Å²) in [5.74, 6) is 0.409. The summed E-state index contributed by atoms with van der Waals surface area (Å²) >= 11 is 9.35. The highest BCUT2D eigenvalue weighted by molar-refractivity contribution is 9.10. The number of ether oxygens (including phenoxy) is 1. The number of carbonyl (C=O) groups excluding carboxylic acids is 1. The number of hydrogen-bond acceptors (Lipinski definition) is 3. The lowest BCUT2D eigenvalue weighted by atomic mass is 10.0. The summed E-state index contributed by atoms with van der Waals surface area (Å²) in [4.78, 5) is 11.9. The summed E-state index contributed by atoms with van der Waals surface area (Å²) in [6.45, 7) is 3.04. The predicted octanol–water partition coefficient (Wildman–Crippen LogP) is 3.16. The smallest absolute Gasteiger partial charge is 0.258 e. The third kappa shape index (κ3) is 6.02. The second-order valence-electron chi connectivity index (χ2n) is 5.01. The van der Waals surface area contributed by atoms with Crippen LogP contribution in [0.4, 0.5) is 0 Å². The number of rotatable bonds is 4. The Bertz CT molecular complexity index is 488. The largest absolute Gasteiger partial charge is 0.482 e. The topological polar surface area (TPSA) is 50.4 Å². The van der Waals surface area contributed by atoms with E-state index in [9.17, 15) is 4.79 Å². The summed E-state index contributed by atoms with van der Waals surface area (Å²) < 4.78 is 6.32. The number of benzene rings is 1. The Morgan fingerprint density at radius 3 is 3.00 bits per heavy atom. The summed E-state index contributed by atoms with van der Waals surface area (Å²) in [7, 11) is 0. The van der Waals surface area contributed by atoms with Crippen LogP contribution in [0.5, 0.6) is 5.75 Å². The molecule has 0 bridgehead atoms. The first-order valence-corrected chi connectivity index (χ1v) is 7.82. The minimum atomic E-state index is -0.108. The fourth-order valence-corrected chi connectivity index (χ4v) is 3.00. The molecule has 0 radical (unpaired) electrons. The molecule has 1 fully saturated rings. The Kier molecular flexibility index (Phi) is 7.81. The molecule has 4 nitrogen and oxygen atoms in total. The zero-order valence-corrected chi connectivity index (χ0v) is 14.9. The Morgan fingerprint density at radius 1 is 1.57 bits per heavy atom. The summed E-state index contributed by atoms with van der Waals surface area (Å²) in [5, 5.41) is 6.83. The Balaban J connectivity index is 0.00000220. The van der Waals surface area contributed by atoms with Gasteiger partial charge in [0.25, 0.3) is 5.91 Å². The van der Waals surface area contributed by atoms with Crippen molar-refractivity contribution in [3.63, 3.8) is 0 Å². The van der Waals surface area contributed by atoms with Crippen molar-refractivity contribution in [2.24, 2.45) is 0 Å². The van der Waals surface area contributed by atoms with Crippen molar-refractivity contribution in [3.8, 4) is 5.75 Å². The number of carbonyl (C=O) groups is 1. The van der Waals surface area contributed by atoms with Gasteiger partial charge in [0.1, 0.15) is 5.75 Å². The molecule has 1 aliphatic rings. The van der Waals surface area contributed by atoms with Crippen LogP contribution in [0.1, 0.15) is 19.8 Å². The molecule has 7 heteroatoms. The zero-order valence-electron chi connectivity index (χ0n) is 11.7. The molecule has 0 saturated carbocycles. The van der Waals surface area contributed by atoms with Gasteiger partial charge in [-0.25, -0.2) is 0 Å². The highest BCUT2D eigenvalue weighted by Crippen LogP contribution is 2.27. The van der Waals surface area contributed by atoms with Crippen molar-refractivity contribution in [2.45, 2.75) is 31.8 Å². The molecule has 1 aromatic carbocycles. The molecule has 118 valence electrons. The van der Waals surface area contributed by atoms with E-state index in [2.05, 4.69) is 33.5 Å². The molecule has 1 saturated heterocycles. The first-order valence-electron chi connectivity index (χ1n) is 6.65. The van der Waals surface area contributed by atoms with Crippen molar-refractivity contribution < 1.29 is 9.53 Å². The van der Waals surface area contributed by atoms with Crippen molar-refractivity contribution >= 4 is 45.8 Å². The molecule has 2 atom stereocenters. The number of piperidine rings is 1. The lowest BCUT2D eigenvalue weighted by Gasteiger charge is -2.28. The first-order chi connectivity index (χ1) is 9.54. The van der Waals surface area contributed by atoms with E-state index in [0.29, 0.717) is 16.8 Å². The SMILES string of the molecule is CC1CC(NC(=O)COc2ccc(Br)cc2Cl)CCN1.Cl. The van der Waals surface area contributed by atoms with Crippen molar-refractivity contribution in [2.75, 3.05) is 13.2 Å². The molecular formula is C14H19BrCl2N2O2. The Morgan fingerprint density at radius 2 is 2.33 bits per heavy atom. The minimum Gasteiger partial charge on any atom is -0.482 e. The van der Waals surface area contributed by atoms with Crippen molar-refractivity contribution in [1.82, 2.24) is 10.6 Å². The maximum Gasteiger partial charge on any atom is 0.258 e. The monoisotopic (exact) mass is 396 g/mol. The van der Waals surface area contributed by atoms with Gasteiger partial charge in [-0.1, -0.05) is 27.5 Å². The number of hydrogen-bond donors (Lipinski definition) is 2. The van der Waals surface area contributed by atoms with Crippen LogP contribution in [0.2, 0.25) is 5.02 Å². The van der Waals surface area contributed by atoms with Crippen LogP contribution >= 0.6 is 39.9 Å². The molecule has 1 aliphatic heterocycles. The van der Waals surface area contributed by atoms with Crippen LogP contribution in [0.25, 0.3) is 0 Å². The van der Waals surface area contributed by atoms with Gasteiger partial charge in [0.05, 0.1) is 5.02 Å². The van der Waals surface area contributed by atoms with Crippen LogP contribution in [-0.2, 0) is 4.79 Å². The molecule has 2 N–H and O–H groups in total. The van der Waals surface area contributed by atoms with Crippen LogP contribution < -0.4 is 15.4 Å². The Hall–Kier alpha value is -0.490. The second-order valence-corrected chi connectivity index (χ2v) is 6.33. The summed E-state index contributed by atoms with van der Waals surface area (Å²) in [5.41, 5.74) is 0. The van der Waals surface area contributed by atoms with E-state index >= 15 is 0 Å². The second kappa shape index (κ2) is 8.83. The molecular weight excluding hydrogens is 379 g/mol. The molecule has 1 heterocycles. The normalized spacial score (nSPS) is 21.3. The average molecular weight is 398 g/mol. The van der Waals surface area contributed by atoms with Gasteiger partial charge in [0.15, 0.2) is 6.61 Å². The van der Waals surface area contributed by atoms with E-state index in [1.807, 2.05) is 6.07 Å². The van der Waals surface area contributed by atoms with Gasteiger partial charge in [-0.2, -0.15) is 0 Å². The third-order valence-electron chi connectivity index (χ3n) is 3.24. The molecule has 1 amide bonds. The third-order valence-corrected chi connectivity index (χ3v) is 4.03. The quantitative estimate of drug-likeness (QED) is 0.820. The number of nitrogens with one attached hydrogen (secondary N) is 2. The van der Waals surface area contributed by atoms with Crippen LogP contribution in [0.3, 0.4) is 0 Å². The van der Waals surface area contributed by atoms with Crippen LogP contribution in [0.15, 0.2) is 22.7 Å². The molecule has 2 unspecified atom stereocenters. The molecule has 0 spiro atoms. The molecule has 21 heavy (non-hydrogen) atoms. The molecule has 1 aromatic rings. The highest BCUT2D eigenvalue weighted by atomic mass is 79.9. The van der Waals surface area contributed by atoms with Crippen molar-refractivity contribution in [3.05, 3.63) is 27.7 Å². The average Bonchev–Trinajstić information content (AvgIpc) is 2.37. The van der Waals surface area contributed by atoms with E-state index in [1.54, 1.807) is 12.1 Å². The van der Waals surface area contributed by atoms with Crippen molar-refractivity contribution in [1.29, 1.82) is 0 Å². The van der Waals surface area contributed by atoms with Gasteiger partial charge in [-0.05, 0) is 44.5 Å². The number of amides is 1. The minimum absolute atomic E-state index is 0.